The van der Waals surface area contributed by atoms with Crippen LogP contribution in [-0.4, -0.2) is 48.0 Å². The average Bonchev–Trinajstić information content (AvgIpc) is 2.98. The van der Waals surface area contributed by atoms with E-state index in [1.807, 2.05) is 6.92 Å². The van der Waals surface area contributed by atoms with Gasteiger partial charge in [-0.2, -0.15) is 0 Å². The molecule has 1 aromatic heterocycles. The Bertz CT molecular complexity index is 449. The summed E-state index contributed by atoms with van der Waals surface area (Å²) < 4.78 is 5.04. The molecule has 0 radical (unpaired) electrons. The third-order valence-electron chi connectivity index (χ3n) is 3.13. The van der Waals surface area contributed by atoms with Crippen LogP contribution >= 0.6 is 11.3 Å². The minimum atomic E-state index is -0.310. The minimum absolute atomic E-state index is 0.00355. The maximum Gasteiger partial charge on any atom is 0.231 e. The predicted octanol–water partition coefficient (Wildman–Crippen LogP) is 0.965. The molecule has 0 aliphatic carbocycles. The highest BCUT2D eigenvalue weighted by atomic mass is 32.1. The van der Waals surface area contributed by atoms with Crippen molar-refractivity contribution in [2.45, 2.75) is 19.4 Å². The summed E-state index contributed by atoms with van der Waals surface area (Å²) in [6, 6.07) is -0.00448. The summed E-state index contributed by atoms with van der Waals surface area (Å²) in [5, 5.41) is 5.10. The number of methoxy groups -OCH3 is 1. The number of hydrogen-bond acceptors (Lipinski definition) is 5. The zero-order chi connectivity index (χ0) is 13.8. The summed E-state index contributed by atoms with van der Waals surface area (Å²) in [5.41, 5.74) is 0. The molecule has 1 aliphatic rings. The van der Waals surface area contributed by atoms with Crippen molar-refractivity contribution in [2.75, 3.05) is 25.6 Å². The Labute approximate surface area is 115 Å². The molecule has 19 heavy (non-hydrogen) atoms. The summed E-state index contributed by atoms with van der Waals surface area (Å²) in [6.45, 7) is 2.84. The Kier molecular flexibility index (Phi) is 4.49. The highest BCUT2D eigenvalue weighted by molar-refractivity contribution is 7.13. The van der Waals surface area contributed by atoms with Crippen molar-refractivity contribution in [3.05, 3.63) is 11.6 Å². The monoisotopic (exact) mass is 283 g/mol. The molecule has 0 aromatic carbocycles. The quantitative estimate of drug-likeness (QED) is 0.874. The van der Waals surface area contributed by atoms with Crippen LogP contribution in [0.15, 0.2) is 11.6 Å². The Morgan fingerprint density at radius 2 is 2.53 bits per heavy atom. The lowest BCUT2D eigenvalue weighted by molar-refractivity contribution is -0.130. The summed E-state index contributed by atoms with van der Waals surface area (Å²) in [5.74, 6) is -0.449. The minimum Gasteiger partial charge on any atom is -0.383 e. The van der Waals surface area contributed by atoms with Gasteiger partial charge in [0.25, 0.3) is 0 Å². The van der Waals surface area contributed by atoms with Crippen LogP contribution in [0.1, 0.15) is 13.3 Å². The van der Waals surface area contributed by atoms with Gasteiger partial charge in [0, 0.05) is 31.7 Å². The van der Waals surface area contributed by atoms with Gasteiger partial charge < -0.3 is 15.0 Å². The lowest BCUT2D eigenvalue weighted by Crippen LogP contribution is -2.38. The van der Waals surface area contributed by atoms with Gasteiger partial charge >= 0.3 is 0 Å². The van der Waals surface area contributed by atoms with Gasteiger partial charge in [-0.1, -0.05) is 0 Å². The number of nitrogens with zero attached hydrogens (tertiary/aromatic N) is 2. The third kappa shape index (κ3) is 3.30. The molecule has 1 saturated heterocycles. The molecule has 1 N–H and O–H groups in total. The molecule has 0 saturated carbocycles. The van der Waals surface area contributed by atoms with Gasteiger partial charge in [0.05, 0.1) is 18.6 Å². The third-order valence-corrected chi connectivity index (χ3v) is 3.82. The molecule has 2 amide bonds. The van der Waals surface area contributed by atoms with Gasteiger partial charge in [-0.15, -0.1) is 11.3 Å². The lowest BCUT2D eigenvalue weighted by atomic mass is 10.1. The van der Waals surface area contributed by atoms with Crippen LogP contribution in [0.3, 0.4) is 0 Å². The molecule has 0 unspecified atom stereocenters. The number of thiazole rings is 1. The van der Waals surface area contributed by atoms with Crippen LogP contribution in [0.25, 0.3) is 0 Å². The van der Waals surface area contributed by atoms with Crippen molar-refractivity contribution in [2.24, 2.45) is 5.92 Å². The molecule has 0 spiro atoms. The first-order valence-corrected chi connectivity index (χ1v) is 6.98. The average molecular weight is 283 g/mol. The summed E-state index contributed by atoms with van der Waals surface area (Å²) in [4.78, 5) is 29.6. The molecular weight excluding hydrogens is 266 g/mol. The van der Waals surface area contributed by atoms with Crippen LogP contribution in [-0.2, 0) is 14.3 Å². The second-order valence-electron chi connectivity index (χ2n) is 4.58. The van der Waals surface area contributed by atoms with E-state index in [0.29, 0.717) is 18.3 Å². The van der Waals surface area contributed by atoms with Crippen molar-refractivity contribution in [1.82, 2.24) is 9.88 Å². The molecule has 104 valence electrons. The number of ether oxygens (including phenoxy) is 1. The molecule has 0 bridgehead atoms. The van der Waals surface area contributed by atoms with Crippen LogP contribution < -0.4 is 5.32 Å². The Balaban J connectivity index is 1.93. The van der Waals surface area contributed by atoms with E-state index >= 15 is 0 Å². The fraction of sp³-hybridized carbons (Fsp3) is 0.583. The van der Waals surface area contributed by atoms with Gasteiger partial charge in [-0.25, -0.2) is 4.98 Å². The number of carbonyl (C=O) groups is 2. The molecule has 1 fully saturated rings. The van der Waals surface area contributed by atoms with Crippen LogP contribution in [0.2, 0.25) is 0 Å². The number of nitrogens with one attached hydrogen (secondary N) is 1. The number of aromatic nitrogens is 1. The highest BCUT2D eigenvalue weighted by Crippen LogP contribution is 2.22. The van der Waals surface area contributed by atoms with Crippen molar-refractivity contribution < 1.29 is 14.3 Å². The zero-order valence-corrected chi connectivity index (χ0v) is 11.8. The first kappa shape index (κ1) is 14.0. The fourth-order valence-corrected chi connectivity index (χ4v) is 2.69. The number of amides is 2. The topological polar surface area (TPSA) is 71.5 Å². The maximum atomic E-state index is 12.0. The van der Waals surface area contributed by atoms with Crippen LogP contribution in [0.5, 0.6) is 0 Å². The van der Waals surface area contributed by atoms with Gasteiger partial charge in [0.15, 0.2) is 5.13 Å². The van der Waals surface area contributed by atoms with E-state index in [1.165, 1.54) is 11.3 Å². The van der Waals surface area contributed by atoms with Crippen LogP contribution in [0, 0.1) is 5.92 Å². The standard InChI is InChI=1S/C12H17N3O3S/c1-8(7-18-2)15-6-9(5-10(15)16)11(17)14-12-13-3-4-19-12/h3-4,8-9H,5-7H2,1-2H3,(H,13,14,17)/t8-,9-/m1/s1. The first-order chi connectivity index (χ1) is 9.11. The Hall–Kier alpha value is -1.47. The maximum absolute atomic E-state index is 12.0. The lowest BCUT2D eigenvalue weighted by Gasteiger charge is -2.23. The van der Waals surface area contributed by atoms with Gasteiger partial charge in [-0.3, -0.25) is 9.59 Å². The van der Waals surface area contributed by atoms with Crippen molar-refractivity contribution in [3.63, 3.8) is 0 Å². The van der Waals surface area contributed by atoms with E-state index < -0.39 is 0 Å². The summed E-state index contributed by atoms with van der Waals surface area (Å²) >= 11 is 1.36. The van der Waals surface area contributed by atoms with Gasteiger partial charge in [0.1, 0.15) is 0 Å². The first-order valence-electron chi connectivity index (χ1n) is 6.10. The summed E-state index contributed by atoms with van der Waals surface area (Å²) in [6.07, 6.45) is 1.89. The number of carbonyl (C=O) groups excluding carboxylic acids is 2. The van der Waals surface area contributed by atoms with E-state index in [9.17, 15) is 9.59 Å². The Morgan fingerprint density at radius 1 is 1.74 bits per heavy atom. The second-order valence-corrected chi connectivity index (χ2v) is 5.47. The SMILES string of the molecule is COC[C@@H](C)N1C[C@H](C(=O)Nc2nccs2)CC1=O. The largest absolute Gasteiger partial charge is 0.383 e. The number of anilines is 1. The van der Waals surface area contributed by atoms with Crippen molar-refractivity contribution in [3.8, 4) is 0 Å². The predicted molar refractivity (Wildman–Crippen MR) is 71.9 cm³/mol. The summed E-state index contributed by atoms with van der Waals surface area (Å²) in [7, 11) is 1.60. The van der Waals surface area contributed by atoms with Crippen LogP contribution in [0.4, 0.5) is 5.13 Å². The van der Waals surface area contributed by atoms with E-state index in [4.69, 9.17) is 4.74 Å². The molecule has 1 aromatic rings. The highest BCUT2D eigenvalue weighted by Gasteiger charge is 2.36. The smallest absolute Gasteiger partial charge is 0.231 e. The van der Waals surface area contributed by atoms with Crippen molar-refractivity contribution in [1.29, 1.82) is 0 Å². The van der Waals surface area contributed by atoms with E-state index in [-0.39, 0.29) is 30.2 Å². The van der Waals surface area contributed by atoms with E-state index in [2.05, 4.69) is 10.3 Å². The van der Waals surface area contributed by atoms with Gasteiger partial charge in [0.2, 0.25) is 11.8 Å². The van der Waals surface area contributed by atoms with E-state index in [1.54, 1.807) is 23.6 Å². The van der Waals surface area contributed by atoms with E-state index in [0.717, 1.165) is 0 Å². The number of rotatable bonds is 5. The van der Waals surface area contributed by atoms with Gasteiger partial charge in [-0.05, 0) is 6.92 Å². The number of likely N-dealkylation sites (tertiary alicyclic amines) is 1. The normalized spacial score (nSPS) is 20.6. The molecule has 2 heterocycles. The molecular formula is C12H17N3O3S. The zero-order valence-electron chi connectivity index (χ0n) is 11.0. The van der Waals surface area contributed by atoms with Crippen molar-refractivity contribution >= 4 is 28.3 Å². The molecule has 2 rings (SSSR count). The second kappa shape index (κ2) is 6.12. The molecule has 2 atom stereocenters. The Morgan fingerprint density at radius 3 is 3.16 bits per heavy atom. The fourth-order valence-electron chi connectivity index (χ4n) is 2.16. The molecule has 1 aliphatic heterocycles. The number of hydrogen-bond donors (Lipinski definition) is 1. The molecule has 6 nitrogen and oxygen atoms in total. The molecule has 7 heteroatoms.